The summed E-state index contributed by atoms with van der Waals surface area (Å²) in [6.45, 7) is 0. The van der Waals surface area contributed by atoms with Crippen LogP contribution >= 0.6 is 0 Å². The normalized spacial score (nSPS) is 8.31. The summed E-state index contributed by atoms with van der Waals surface area (Å²) >= 11 is 0. The SMILES string of the molecule is Oc1ccccc1.c1ccnnc1. The molecule has 0 saturated carbocycles. The van der Waals surface area contributed by atoms with Crippen molar-refractivity contribution in [2.75, 3.05) is 0 Å². The fourth-order valence-corrected chi connectivity index (χ4v) is 0.681. The van der Waals surface area contributed by atoms with Crippen molar-refractivity contribution in [3.8, 4) is 5.75 Å². The molecular formula is C10H10N2O. The van der Waals surface area contributed by atoms with Gasteiger partial charge in [0, 0.05) is 12.4 Å². The van der Waals surface area contributed by atoms with E-state index in [1.54, 1.807) is 36.7 Å². The number of benzene rings is 1. The van der Waals surface area contributed by atoms with Crippen LogP contribution in [-0.2, 0) is 0 Å². The van der Waals surface area contributed by atoms with Gasteiger partial charge in [0.25, 0.3) is 0 Å². The Hall–Kier alpha value is -1.90. The lowest BCUT2D eigenvalue weighted by Gasteiger charge is -1.82. The lowest BCUT2D eigenvalue weighted by atomic mass is 10.3. The molecule has 1 heterocycles. The summed E-state index contributed by atoms with van der Waals surface area (Å²) in [5, 5.41) is 15.7. The molecule has 0 radical (unpaired) electrons. The van der Waals surface area contributed by atoms with Crippen molar-refractivity contribution in [3.05, 3.63) is 54.9 Å². The van der Waals surface area contributed by atoms with Crippen LogP contribution in [0.5, 0.6) is 5.75 Å². The minimum Gasteiger partial charge on any atom is -0.508 e. The van der Waals surface area contributed by atoms with Crippen LogP contribution in [0.15, 0.2) is 54.9 Å². The molecule has 0 fully saturated rings. The van der Waals surface area contributed by atoms with E-state index in [0.717, 1.165) is 0 Å². The van der Waals surface area contributed by atoms with E-state index < -0.39 is 0 Å². The molecule has 0 saturated heterocycles. The van der Waals surface area contributed by atoms with Gasteiger partial charge in [-0.2, -0.15) is 10.2 Å². The maximum atomic E-state index is 8.63. The van der Waals surface area contributed by atoms with Crippen molar-refractivity contribution in [1.29, 1.82) is 0 Å². The van der Waals surface area contributed by atoms with Gasteiger partial charge in [-0.25, -0.2) is 0 Å². The number of rotatable bonds is 0. The summed E-state index contributed by atoms with van der Waals surface area (Å²) in [4.78, 5) is 0. The van der Waals surface area contributed by atoms with Gasteiger partial charge in [-0.15, -0.1) is 0 Å². The molecule has 0 amide bonds. The molecule has 0 aliphatic heterocycles. The standard InChI is InChI=1S/C6H6O.C4H4N2/c7-6-4-2-1-3-5-6;1-2-4-6-5-3-1/h1-5,7H;1-4H. The fourth-order valence-electron chi connectivity index (χ4n) is 0.681. The molecule has 0 bridgehead atoms. The monoisotopic (exact) mass is 174 g/mol. The number of phenolic OH excluding ortho intramolecular Hbond substituents is 1. The molecule has 66 valence electrons. The van der Waals surface area contributed by atoms with E-state index in [-0.39, 0.29) is 0 Å². The molecule has 2 rings (SSSR count). The topological polar surface area (TPSA) is 46.0 Å². The number of nitrogens with zero attached hydrogens (tertiary/aromatic N) is 2. The van der Waals surface area contributed by atoms with Crippen LogP contribution in [-0.4, -0.2) is 15.3 Å². The van der Waals surface area contributed by atoms with Crippen LogP contribution in [0.3, 0.4) is 0 Å². The molecule has 0 aliphatic rings. The Labute approximate surface area is 76.7 Å². The zero-order valence-corrected chi connectivity index (χ0v) is 7.04. The molecule has 0 aliphatic carbocycles. The lowest BCUT2D eigenvalue weighted by molar-refractivity contribution is 0.475. The molecule has 0 unspecified atom stereocenters. The van der Waals surface area contributed by atoms with Crippen molar-refractivity contribution in [1.82, 2.24) is 10.2 Å². The van der Waals surface area contributed by atoms with Crippen molar-refractivity contribution < 1.29 is 5.11 Å². The quantitative estimate of drug-likeness (QED) is 0.663. The number of hydrogen-bond donors (Lipinski definition) is 1. The first kappa shape index (κ1) is 9.19. The predicted octanol–water partition coefficient (Wildman–Crippen LogP) is 1.87. The van der Waals surface area contributed by atoms with E-state index in [2.05, 4.69) is 10.2 Å². The Bertz CT molecular complexity index is 283. The number of para-hydroxylation sites is 1. The second kappa shape index (κ2) is 5.71. The highest BCUT2D eigenvalue weighted by atomic mass is 16.3. The minimum absolute atomic E-state index is 0.322. The van der Waals surface area contributed by atoms with Crippen molar-refractivity contribution in [2.24, 2.45) is 0 Å². The number of hydrogen-bond acceptors (Lipinski definition) is 3. The van der Waals surface area contributed by atoms with Gasteiger partial charge in [0.15, 0.2) is 0 Å². The summed E-state index contributed by atoms with van der Waals surface area (Å²) < 4.78 is 0. The first-order valence-corrected chi connectivity index (χ1v) is 3.85. The van der Waals surface area contributed by atoms with E-state index in [1.165, 1.54) is 0 Å². The second-order valence-corrected chi connectivity index (χ2v) is 2.25. The van der Waals surface area contributed by atoms with E-state index in [1.807, 2.05) is 18.2 Å². The van der Waals surface area contributed by atoms with Crippen LogP contribution in [0, 0.1) is 0 Å². The van der Waals surface area contributed by atoms with Gasteiger partial charge in [-0.05, 0) is 24.3 Å². The Balaban J connectivity index is 0.000000132. The average molecular weight is 174 g/mol. The van der Waals surface area contributed by atoms with Crippen LogP contribution in [0.2, 0.25) is 0 Å². The first-order chi connectivity index (χ1) is 6.39. The van der Waals surface area contributed by atoms with Crippen LogP contribution < -0.4 is 0 Å². The van der Waals surface area contributed by atoms with Gasteiger partial charge < -0.3 is 5.11 Å². The molecule has 1 N–H and O–H groups in total. The Morgan fingerprint density at radius 2 is 1.31 bits per heavy atom. The number of aromatic nitrogens is 2. The maximum Gasteiger partial charge on any atom is 0.115 e. The molecule has 1 aromatic heterocycles. The number of aromatic hydroxyl groups is 1. The summed E-state index contributed by atoms with van der Waals surface area (Å²) in [6.07, 6.45) is 3.28. The summed E-state index contributed by atoms with van der Waals surface area (Å²) in [5.74, 6) is 0.322. The molecule has 0 spiro atoms. The van der Waals surface area contributed by atoms with Gasteiger partial charge in [-0.1, -0.05) is 18.2 Å². The zero-order valence-electron chi connectivity index (χ0n) is 7.04. The molecular weight excluding hydrogens is 164 g/mol. The highest BCUT2D eigenvalue weighted by molar-refractivity contribution is 5.18. The second-order valence-electron chi connectivity index (χ2n) is 2.25. The Morgan fingerprint density at radius 3 is 1.54 bits per heavy atom. The molecule has 1 aromatic carbocycles. The maximum absolute atomic E-state index is 8.63. The Morgan fingerprint density at radius 1 is 0.769 bits per heavy atom. The molecule has 13 heavy (non-hydrogen) atoms. The zero-order chi connectivity index (χ0) is 9.36. The summed E-state index contributed by atoms with van der Waals surface area (Å²) in [7, 11) is 0. The van der Waals surface area contributed by atoms with Crippen LogP contribution in [0.4, 0.5) is 0 Å². The number of phenols is 1. The average Bonchev–Trinajstić information content (AvgIpc) is 2.22. The molecule has 0 atom stereocenters. The van der Waals surface area contributed by atoms with Gasteiger partial charge in [0.2, 0.25) is 0 Å². The van der Waals surface area contributed by atoms with Crippen molar-refractivity contribution in [3.63, 3.8) is 0 Å². The smallest absolute Gasteiger partial charge is 0.115 e. The minimum atomic E-state index is 0.322. The highest BCUT2D eigenvalue weighted by Crippen LogP contribution is 2.02. The van der Waals surface area contributed by atoms with Crippen molar-refractivity contribution in [2.45, 2.75) is 0 Å². The summed E-state index contributed by atoms with van der Waals surface area (Å²) in [5.41, 5.74) is 0. The van der Waals surface area contributed by atoms with Gasteiger partial charge in [-0.3, -0.25) is 0 Å². The lowest BCUT2D eigenvalue weighted by Crippen LogP contribution is -1.69. The third-order valence-corrected chi connectivity index (χ3v) is 1.24. The predicted molar refractivity (Wildman–Crippen MR) is 50.1 cm³/mol. The third-order valence-electron chi connectivity index (χ3n) is 1.24. The van der Waals surface area contributed by atoms with E-state index in [4.69, 9.17) is 5.11 Å². The van der Waals surface area contributed by atoms with Crippen molar-refractivity contribution >= 4 is 0 Å². The van der Waals surface area contributed by atoms with E-state index in [9.17, 15) is 0 Å². The highest BCUT2D eigenvalue weighted by Gasteiger charge is 1.74. The molecule has 3 heteroatoms. The van der Waals surface area contributed by atoms with E-state index >= 15 is 0 Å². The largest absolute Gasteiger partial charge is 0.508 e. The fraction of sp³-hybridized carbons (Fsp3) is 0. The summed E-state index contributed by atoms with van der Waals surface area (Å²) in [6, 6.07) is 12.4. The first-order valence-electron chi connectivity index (χ1n) is 3.85. The van der Waals surface area contributed by atoms with E-state index in [0.29, 0.717) is 5.75 Å². The van der Waals surface area contributed by atoms with Gasteiger partial charge >= 0.3 is 0 Å². The van der Waals surface area contributed by atoms with Crippen LogP contribution in [0.1, 0.15) is 0 Å². The van der Waals surface area contributed by atoms with Crippen LogP contribution in [0.25, 0.3) is 0 Å². The third kappa shape index (κ3) is 4.53. The van der Waals surface area contributed by atoms with Gasteiger partial charge in [0.05, 0.1) is 0 Å². The Kier molecular flexibility index (Phi) is 4.04. The van der Waals surface area contributed by atoms with Gasteiger partial charge in [0.1, 0.15) is 5.75 Å². The molecule has 3 nitrogen and oxygen atoms in total. The molecule has 2 aromatic rings.